The highest BCUT2D eigenvalue weighted by Crippen LogP contribution is 2.30. The summed E-state index contributed by atoms with van der Waals surface area (Å²) in [4.78, 5) is 25.3. The Morgan fingerprint density at radius 2 is 1.81 bits per heavy atom. The van der Waals surface area contributed by atoms with Gasteiger partial charge in [0.25, 0.3) is 15.9 Å². The van der Waals surface area contributed by atoms with Crippen molar-refractivity contribution in [1.82, 2.24) is 5.32 Å². The average molecular weight is 466 g/mol. The number of amides is 2. The van der Waals surface area contributed by atoms with Gasteiger partial charge < -0.3 is 15.4 Å². The van der Waals surface area contributed by atoms with Gasteiger partial charge in [0.2, 0.25) is 5.91 Å². The first kappa shape index (κ1) is 24.7. The number of anilines is 2. The van der Waals surface area contributed by atoms with E-state index in [4.69, 9.17) is 4.74 Å². The van der Waals surface area contributed by atoms with Crippen molar-refractivity contribution < 1.29 is 22.7 Å². The Bertz CT molecular complexity index is 1040. The number of carbonyl (C=O) groups excluding carboxylic acids is 2. The van der Waals surface area contributed by atoms with Crippen molar-refractivity contribution >= 4 is 45.0 Å². The Kier molecular flexibility index (Phi) is 8.90. The van der Waals surface area contributed by atoms with Crippen molar-refractivity contribution in [3.8, 4) is 0 Å². The molecule has 0 unspecified atom stereocenters. The number of hydrogen-bond acceptors (Lipinski definition) is 6. The molecule has 0 aromatic heterocycles. The maximum absolute atomic E-state index is 13.0. The van der Waals surface area contributed by atoms with Gasteiger partial charge >= 0.3 is 0 Å². The van der Waals surface area contributed by atoms with Gasteiger partial charge in [-0.05, 0) is 36.6 Å². The zero-order valence-electron chi connectivity index (χ0n) is 17.9. The van der Waals surface area contributed by atoms with Crippen molar-refractivity contribution in [1.29, 1.82) is 0 Å². The topological polar surface area (TPSA) is 114 Å². The standard InChI is InChI=1S/C21H27N3O5S2/c1-14(2)20(25)23-18-13-15(9-10-19(18)30-4)31(27,28)24-17-8-6-5-7-16(17)21(26)22-11-12-29-3/h5-10,13-14,24H,11-12H2,1-4H3,(H,22,26)(H,23,25). The van der Waals surface area contributed by atoms with Crippen LogP contribution in [0.25, 0.3) is 0 Å². The molecule has 0 saturated carbocycles. The van der Waals surface area contributed by atoms with Crippen LogP contribution in [0, 0.1) is 5.92 Å². The molecule has 0 aliphatic heterocycles. The molecular weight excluding hydrogens is 438 g/mol. The molecule has 31 heavy (non-hydrogen) atoms. The van der Waals surface area contributed by atoms with Crippen LogP contribution < -0.4 is 15.4 Å². The molecule has 8 nitrogen and oxygen atoms in total. The summed E-state index contributed by atoms with van der Waals surface area (Å²) in [7, 11) is -2.49. The lowest BCUT2D eigenvalue weighted by atomic mass is 10.2. The minimum atomic E-state index is -4.01. The largest absolute Gasteiger partial charge is 0.383 e. The van der Waals surface area contributed by atoms with Crippen LogP contribution in [-0.2, 0) is 19.6 Å². The molecule has 0 fully saturated rings. The van der Waals surface area contributed by atoms with Gasteiger partial charge in [0.15, 0.2) is 0 Å². The van der Waals surface area contributed by atoms with E-state index < -0.39 is 15.9 Å². The van der Waals surface area contributed by atoms with Crippen molar-refractivity contribution in [2.24, 2.45) is 5.92 Å². The second-order valence-electron chi connectivity index (χ2n) is 6.91. The second-order valence-corrected chi connectivity index (χ2v) is 9.44. The number of ether oxygens (including phenoxy) is 1. The molecule has 2 aromatic carbocycles. The number of para-hydroxylation sites is 1. The zero-order valence-corrected chi connectivity index (χ0v) is 19.5. The molecule has 0 atom stereocenters. The fourth-order valence-electron chi connectivity index (χ4n) is 2.56. The van der Waals surface area contributed by atoms with Gasteiger partial charge in [-0.15, -0.1) is 11.8 Å². The number of sulfonamides is 1. The van der Waals surface area contributed by atoms with Crippen LogP contribution in [0.2, 0.25) is 0 Å². The summed E-state index contributed by atoms with van der Waals surface area (Å²) in [6.45, 7) is 4.15. The van der Waals surface area contributed by atoms with Crippen molar-refractivity contribution in [3.05, 3.63) is 48.0 Å². The number of hydrogen-bond donors (Lipinski definition) is 3. The van der Waals surface area contributed by atoms with Gasteiger partial charge in [0.05, 0.1) is 28.4 Å². The Morgan fingerprint density at radius 1 is 1.10 bits per heavy atom. The van der Waals surface area contributed by atoms with Crippen LogP contribution in [0.3, 0.4) is 0 Å². The third-order valence-electron chi connectivity index (χ3n) is 4.27. The van der Waals surface area contributed by atoms with Crippen LogP contribution in [0.4, 0.5) is 11.4 Å². The number of benzene rings is 2. The van der Waals surface area contributed by atoms with E-state index >= 15 is 0 Å². The molecule has 3 N–H and O–H groups in total. The predicted molar refractivity (Wildman–Crippen MR) is 123 cm³/mol. The van der Waals surface area contributed by atoms with E-state index in [0.717, 1.165) is 4.90 Å². The quantitative estimate of drug-likeness (QED) is 0.367. The third-order valence-corrected chi connectivity index (χ3v) is 6.43. The van der Waals surface area contributed by atoms with Gasteiger partial charge in [-0.2, -0.15) is 0 Å². The lowest BCUT2D eigenvalue weighted by Crippen LogP contribution is -2.28. The lowest BCUT2D eigenvalue weighted by molar-refractivity contribution is -0.118. The molecule has 0 saturated heterocycles. The van der Waals surface area contributed by atoms with Gasteiger partial charge in [0, 0.05) is 24.5 Å². The molecule has 2 rings (SSSR count). The summed E-state index contributed by atoms with van der Waals surface area (Å²) in [6.07, 6.45) is 1.84. The molecule has 0 aliphatic rings. The molecule has 0 heterocycles. The van der Waals surface area contributed by atoms with Crippen LogP contribution in [0.15, 0.2) is 52.3 Å². The summed E-state index contributed by atoms with van der Waals surface area (Å²) < 4.78 is 33.4. The number of carbonyl (C=O) groups is 2. The van der Waals surface area contributed by atoms with Gasteiger partial charge in [-0.25, -0.2) is 8.42 Å². The van der Waals surface area contributed by atoms with Crippen molar-refractivity contribution in [2.75, 3.05) is 36.6 Å². The van der Waals surface area contributed by atoms with Gasteiger partial charge in [0.1, 0.15) is 0 Å². The summed E-state index contributed by atoms with van der Waals surface area (Å²) in [5.74, 6) is -0.884. The molecular formula is C21H27N3O5S2. The average Bonchev–Trinajstić information content (AvgIpc) is 2.73. The van der Waals surface area contributed by atoms with E-state index in [-0.39, 0.29) is 28.0 Å². The van der Waals surface area contributed by atoms with Gasteiger partial charge in [-0.1, -0.05) is 26.0 Å². The predicted octanol–water partition coefficient (Wildman–Crippen LogP) is 3.18. The number of rotatable bonds is 10. The van der Waals surface area contributed by atoms with E-state index in [1.807, 2.05) is 6.26 Å². The molecule has 0 spiro atoms. The molecule has 168 valence electrons. The fourth-order valence-corrected chi connectivity index (χ4v) is 4.20. The van der Waals surface area contributed by atoms with Gasteiger partial charge in [-0.3, -0.25) is 14.3 Å². The monoisotopic (exact) mass is 465 g/mol. The smallest absolute Gasteiger partial charge is 0.261 e. The highest BCUT2D eigenvalue weighted by molar-refractivity contribution is 7.98. The molecule has 0 aliphatic carbocycles. The third kappa shape index (κ3) is 6.71. The van der Waals surface area contributed by atoms with Crippen molar-refractivity contribution in [3.63, 3.8) is 0 Å². The lowest BCUT2D eigenvalue weighted by Gasteiger charge is -2.15. The molecule has 0 radical (unpaired) electrons. The summed E-state index contributed by atoms with van der Waals surface area (Å²) >= 11 is 1.40. The first-order chi connectivity index (χ1) is 14.7. The van der Waals surface area contributed by atoms with E-state index in [0.29, 0.717) is 18.8 Å². The second kappa shape index (κ2) is 11.2. The number of nitrogens with one attached hydrogen (secondary N) is 3. The van der Waals surface area contributed by atoms with Crippen LogP contribution in [-0.4, -0.2) is 46.7 Å². The van der Waals surface area contributed by atoms with Crippen molar-refractivity contribution in [2.45, 2.75) is 23.6 Å². The number of methoxy groups -OCH3 is 1. The Hall–Kier alpha value is -2.56. The molecule has 2 aromatic rings. The molecule has 0 bridgehead atoms. The van der Waals surface area contributed by atoms with E-state index in [1.54, 1.807) is 32.0 Å². The molecule has 2 amide bonds. The normalized spacial score (nSPS) is 11.3. The Balaban J connectivity index is 2.33. The van der Waals surface area contributed by atoms with Crippen LogP contribution in [0.5, 0.6) is 0 Å². The fraction of sp³-hybridized carbons (Fsp3) is 0.333. The zero-order chi connectivity index (χ0) is 23.0. The first-order valence-corrected chi connectivity index (χ1v) is 12.3. The first-order valence-electron chi connectivity index (χ1n) is 9.57. The number of thioether (sulfide) groups is 1. The highest BCUT2D eigenvalue weighted by Gasteiger charge is 2.20. The minimum absolute atomic E-state index is 0.0287. The van der Waals surface area contributed by atoms with Crippen LogP contribution in [0.1, 0.15) is 24.2 Å². The molecule has 10 heteroatoms. The van der Waals surface area contributed by atoms with E-state index in [2.05, 4.69) is 15.4 Å². The highest BCUT2D eigenvalue weighted by atomic mass is 32.2. The summed E-state index contributed by atoms with van der Waals surface area (Å²) in [5, 5.41) is 5.44. The Labute approximate surface area is 187 Å². The maximum atomic E-state index is 13.0. The maximum Gasteiger partial charge on any atom is 0.261 e. The Morgan fingerprint density at radius 3 is 2.45 bits per heavy atom. The van der Waals surface area contributed by atoms with Crippen LogP contribution >= 0.6 is 11.8 Å². The minimum Gasteiger partial charge on any atom is -0.383 e. The van der Waals surface area contributed by atoms with E-state index in [1.165, 1.54) is 43.1 Å². The summed E-state index contributed by atoms with van der Waals surface area (Å²) in [5.41, 5.74) is 0.759. The SMILES string of the molecule is COCCNC(=O)c1ccccc1NS(=O)(=O)c1ccc(SC)c(NC(=O)C(C)C)c1. The summed E-state index contributed by atoms with van der Waals surface area (Å²) in [6, 6.07) is 10.8. The van der Waals surface area contributed by atoms with E-state index in [9.17, 15) is 18.0 Å².